The average Bonchev–Trinajstić information content (AvgIpc) is 2.69. The number of nitrogens with one attached hydrogen (secondary N) is 1. The highest BCUT2D eigenvalue weighted by Crippen LogP contribution is 2.25. The van der Waals surface area contributed by atoms with Crippen molar-refractivity contribution < 1.29 is 31.1 Å². The Bertz CT molecular complexity index is 1020. The third-order valence-corrected chi connectivity index (χ3v) is 6.78. The van der Waals surface area contributed by atoms with E-state index in [2.05, 4.69) is 10.1 Å². The van der Waals surface area contributed by atoms with E-state index in [4.69, 9.17) is 11.6 Å². The molecule has 168 valence electrons. The molecule has 3 rings (SSSR count). The van der Waals surface area contributed by atoms with Crippen LogP contribution in [0.25, 0.3) is 0 Å². The van der Waals surface area contributed by atoms with Crippen LogP contribution in [0.4, 0.5) is 18.9 Å². The molecule has 0 aliphatic carbocycles. The molecule has 31 heavy (non-hydrogen) atoms. The second-order valence-corrected chi connectivity index (χ2v) is 9.07. The first-order chi connectivity index (χ1) is 14.5. The first kappa shape index (κ1) is 23.3. The molecule has 7 nitrogen and oxygen atoms in total. The fourth-order valence-electron chi connectivity index (χ4n) is 3.05. The predicted molar refractivity (Wildman–Crippen MR) is 108 cm³/mol. The number of carbonyl (C=O) groups excluding carboxylic acids is 1. The number of ether oxygens (including phenoxy) is 1. The number of rotatable bonds is 6. The largest absolute Gasteiger partial charge is 0.573 e. The van der Waals surface area contributed by atoms with Crippen LogP contribution in [-0.2, 0) is 14.8 Å². The molecule has 1 N–H and O–H groups in total. The van der Waals surface area contributed by atoms with Crippen molar-refractivity contribution in [2.45, 2.75) is 11.3 Å². The average molecular weight is 478 g/mol. The number of sulfonamides is 1. The summed E-state index contributed by atoms with van der Waals surface area (Å²) >= 11 is 6.01. The van der Waals surface area contributed by atoms with Gasteiger partial charge in [-0.3, -0.25) is 9.69 Å². The molecule has 1 fully saturated rings. The minimum absolute atomic E-state index is 0.0720. The topological polar surface area (TPSA) is 79.0 Å². The summed E-state index contributed by atoms with van der Waals surface area (Å²) in [5.74, 6) is -0.773. The van der Waals surface area contributed by atoms with E-state index in [-0.39, 0.29) is 30.4 Å². The fourth-order valence-corrected chi connectivity index (χ4v) is 4.65. The smallest absolute Gasteiger partial charge is 0.406 e. The van der Waals surface area contributed by atoms with Gasteiger partial charge in [-0.15, -0.1) is 13.2 Å². The quantitative estimate of drug-likeness (QED) is 0.691. The monoisotopic (exact) mass is 477 g/mol. The van der Waals surface area contributed by atoms with E-state index in [0.717, 1.165) is 24.3 Å². The SMILES string of the molecule is O=C(CN1CCN(S(=O)(=O)c2ccc(OC(F)(F)F)cc2)CC1)Nc1ccccc1Cl. The molecular weight excluding hydrogens is 459 g/mol. The Morgan fingerprint density at radius 3 is 2.23 bits per heavy atom. The second-order valence-electron chi connectivity index (χ2n) is 6.73. The van der Waals surface area contributed by atoms with Gasteiger partial charge in [-0.25, -0.2) is 8.42 Å². The van der Waals surface area contributed by atoms with Gasteiger partial charge < -0.3 is 10.1 Å². The number of hydrogen-bond donors (Lipinski definition) is 1. The van der Waals surface area contributed by atoms with Gasteiger partial charge in [0.2, 0.25) is 15.9 Å². The molecule has 0 saturated carbocycles. The first-order valence-corrected chi connectivity index (χ1v) is 11.0. The normalized spacial score (nSPS) is 16.1. The lowest BCUT2D eigenvalue weighted by Gasteiger charge is -2.33. The number of piperazine rings is 1. The Morgan fingerprint density at radius 2 is 1.65 bits per heavy atom. The van der Waals surface area contributed by atoms with Crippen LogP contribution in [0.15, 0.2) is 53.4 Å². The standard InChI is InChI=1S/C19H19ClF3N3O4S/c20-16-3-1-2-4-17(16)24-18(27)13-25-9-11-26(12-10-25)31(28,29)15-7-5-14(6-8-15)30-19(21,22)23/h1-8H,9-13H2,(H,24,27). The molecule has 2 aromatic rings. The molecular formula is C19H19ClF3N3O4S. The highest BCUT2D eigenvalue weighted by molar-refractivity contribution is 7.89. The van der Waals surface area contributed by atoms with Gasteiger partial charge in [0, 0.05) is 26.2 Å². The summed E-state index contributed by atoms with van der Waals surface area (Å²) in [4.78, 5) is 13.9. The zero-order chi connectivity index (χ0) is 22.6. The van der Waals surface area contributed by atoms with Crippen molar-refractivity contribution in [2.24, 2.45) is 0 Å². The Hall–Kier alpha value is -2.34. The zero-order valence-corrected chi connectivity index (χ0v) is 17.7. The molecule has 0 aromatic heterocycles. The summed E-state index contributed by atoms with van der Waals surface area (Å²) in [6.45, 7) is 1.00. The Labute approximate surface area is 182 Å². The molecule has 2 aromatic carbocycles. The van der Waals surface area contributed by atoms with E-state index < -0.39 is 22.1 Å². The number of carbonyl (C=O) groups is 1. The molecule has 0 bridgehead atoms. The van der Waals surface area contributed by atoms with Gasteiger partial charge in [0.05, 0.1) is 22.2 Å². The van der Waals surface area contributed by atoms with E-state index in [9.17, 15) is 26.4 Å². The highest BCUT2D eigenvalue weighted by atomic mass is 35.5. The summed E-state index contributed by atoms with van der Waals surface area (Å²) in [6.07, 6.45) is -4.85. The van der Waals surface area contributed by atoms with Crippen LogP contribution in [0.3, 0.4) is 0 Å². The molecule has 0 spiro atoms. The Morgan fingerprint density at radius 1 is 1.03 bits per heavy atom. The maximum absolute atomic E-state index is 12.7. The van der Waals surface area contributed by atoms with E-state index in [0.29, 0.717) is 23.8 Å². The van der Waals surface area contributed by atoms with Crippen LogP contribution >= 0.6 is 11.6 Å². The summed E-state index contributed by atoms with van der Waals surface area (Å²) < 4.78 is 67.2. The van der Waals surface area contributed by atoms with Crippen LogP contribution in [-0.4, -0.2) is 62.6 Å². The fraction of sp³-hybridized carbons (Fsp3) is 0.316. The number of para-hydroxylation sites is 1. The van der Waals surface area contributed by atoms with Crippen molar-refractivity contribution in [3.63, 3.8) is 0 Å². The number of alkyl halides is 3. The minimum Gasteiger partial charge on any atom is -0.406 e. The van der Waals surface area contributed by atoms with Crippen LogP contribution in [0.5, 0.6) is 5.75 Å². The molecule has 0 unspecified atom stereocenters. The zero-order valence-electron chi connectivity index (χ0n) is 16.1. The number of nitrogens with zero attached hydrogens (tertiary/aromatic N) is 2. The molecule has 0 atom stereocenters. The Kier molecular flexibility index (Phi) is 7.10. The van der Waals surface area contributed by atoms with E-state index in [1.54, 1.807) is 29.2 Å². The molecule has 1 heterocycles. The minimum atomic E-state index is -4.85. The number of halogens is 4. The van der Waals surface area contributed by atoms with Crippen LogP contribution in [0.2, 0.25) is 5.02 Å². The van der Waals surface area contributed by atoms with Crippen LogP contribution < -0.4 is 10.1 Å². The third-order valence-electron chi connectivity index (χ3n) is 4.54. The summed E-state index contributed by atoms with van der Waals surface area (Å²) in [5.41, 5.74) is 0.494. The summed E-state index contributed by atoms with van der Waals surface area (Å²) in [6, 6.07) is 10.9. The predicted octanol–water partition coefficient (Wildman–Crippen LogP) is 3.18. The van der Waals surface area contributed by atoms with E-state index in [1.165, 1.54) is 4.31 Å². The van der Waals surface area contributed by atoms with Gasteiger partial charge in [0.15, 0.2) is 0 Å². The summed E-state index contributed by atoms with van der Waals surface area (Å²) in [7, 11) is -3.88. The van der Waals surface area contributed by atoms with Crippen molar-refractivity contribution in [3.8, 4) is 5.75 Å². The Balaban J connectivity index is 1.54. The molecule has 1 aliphatic rings. The van der Waals surface area contributed by atoms with Crippen molar-refractivity contribution in [2.75, 3.05) is 38.0 Å². The lowest BCUT2D eigenvalue weighted by Crippen LogP contribution is -2.50. The van der Waals surface area contributed by atoms with Crippen molar-refractivity contribution in [1.29, 1.82) is 0 Å². The lowest BCUT2D eigenvalue weighted by atomic mass is 10.3. The molecule has 0 radical (unpaired) electrons. The van der Waals surface area contributed by atoms with Gasteiger partial charge in [0.25, 0.3) is 0 Å². The maximum atomic E-state index is 12.7. The van der Waals surface area contributed by atoms with Gasteiger partial charge in [-0.05, 0) is 36.4 Å². The molecule has 1 amide bonds. The number of anilines is 1. The van der Waals surface area contributed by atoms with Crippen LogP contribution in [0, 0.1) is 0 Å². The van der Waals surface area contributed by atoms with Crippen molar-refractivity contribution in [1.82, 2.24) is 9.21 Å². The highest BCUT2D eigenvalue weighted by Gasteiger charge is 2.32. The first-order valence-electron chi connectivity index (χ1n) is 9.17. The van der Waals surface area contributed by atoms with Crippen LogP contribution in [0.1, 0.15) is 0 Å². The van der Waals surface area contributed by atoms with E-state index >= 15 is 0 Å². The maximum Gasteiger partial charge on any atom is 0.573 e. The number of hydrogen-bond acceptors (Lipinski definition) is 5. The number of benzene rings is 2. The third kappa shape index (κ3) is 6.33. The van der Waals surface area contributed by atoms with Gasteiger partial charge in [-0.1, -0.05) is 23.7 Å². The van der Waals surface area contributed by atoms with Gasteiger partial charge >= 0.3 is 6.36 Å². The molecule has 1 aliphatic heterocycles. The van der Waals surface area contributed by atoms with E-state index in [1.807, 2.05) is 0 Å². The second kappa shape index (κ2) is 9.43. The van der Waals surface area contributed by atoms with Crippen molar-refractivity contribution in [3.05, 3.63) is 53.6 Å². The number of amides is 1. The molecule has 12 heteroatoms. The van der Waals surface area contributed by atoms with Gasteiger partial charge in [0.1, 0.15) is 5.75 Å². The van der Waals surface area contributed by atoms with Crippen molar-refractivity contribution >= 4 is 33.2 Å². The molecule has 1 saturated heterocycles. The lowest BCUT2D eigenvalue weighted by molar-refractivity contribution is -0.274. The summed E-state index contributed by atoms with van der Waals surface area (Å²) in [5, 5.41) is 3.13. The van der Waals surface area contributed by atoms with Gasteiger partial charge in [-0.2, -0.15) is 4.31 Å².